The molecule has 1 aromatic carbocycles. The van der Waals surface area contributed by atoms with Crippen molar-refractivity contribution in [2.45, 2.75) is 6.92 Å². The van der Waals surface area contributed by atoms with Crippen molar-refractivity contribution in [3.63, 3.8) is 0 Å². The molecule has 0 spiro atoms. The van der Waals surface area contributed by atoms with Crippen LogP contribution in [0, 0.1) is 17.0 Å². The van der Waals surface area contributed by atoms with Crippen molar-refractivity contribution >= 4 is 28.1 Å². The Bertz CT molecular complexity index is 1510. The van der Waals surface area contributed by atoms with Gasteiger partial charge in [0.2, 0.25) is 4.96 Å². The molecule has 148 valence electrons. The van der Waals surface area contributed by atoms with Crippen LogP contribution in [0.5, 0.6) is 0 Å². The van der Waals surface area contributed by atoms with Crippen molar-refractivity contribution in [1.82, 2.24) is 14.6 Å². The summed E-state index contributed by atoms with van der Waals surface area (Å²) in [5.41, 5.74) is 1.16. The van der Waals surface area contributed by atoms with Crippen LogP contribution < -0.4 is 10.1 Å². The smallest absolute Gasteiger partial charge is 0.291 e. The van der Waals surface area contributed by atoms with Crippen LogP contribution in [0.4, 0.5) is 5.69 Å². The predicted octanol–water partition coefficient (Wildman–Crippen LogP) is 3.44. The number of thiazole rings is 1. The number of nitrogens with zero attached hydrogens (tertiary/aromatic N) is 4. The van der Waals surface area contributed by atoms with E-state index in [9.17, 15) is 14.9 Å². The Morgan fingerprint density at radius 2 is 1.97 bits per heavy atom. The molecule has 0 radical (unpaired) electrons. The van der Waals surface area contributed by atoms with Gasteiger partial charge in [0.05, 0.1) is 16.7 Å². The van der Waals surface area contributed by atoms with Crippen LogP contribution in [0.25, 0.3) is 33.7 Å². The minimum Gasteiger partial charge on any atom is -0.469 e. The Hall–Kier alpha value is -4.05. The molecule has 0 aliphatic rings. The van der Waals surface area contributed by atoms with Crippen LogP contribution in [0.15, 0.2) is 62.4 Å². The van der Waals surface area contributed by atoms with Crippen molar-refractivity contribution in [1.29, 1.82) is 0 Å². The van der Waals surface area contributed by atoms with E-state index in [2.05, 4.69) is 10.1 Å². The van der Waals surface area contributed by atoms with E-state index in [1.807, 2.05) is 0 Å². The molecular weight excluding hydrogens is 408 g/mol. The van der Waals surface area contributed by atoms with Gasteiger partial charge in [0.15, 0.2) is 5.82 Å². The molecule has 0 aliphatic heterocycles. The topological polar surface area (TPSA) is 117 Å². The lowest BCUT2D eigenvalue weighted by Crippen LogP contribution is -2.23. The van der Waals surface area contributed by atoms with Gasteiger partial charge in [-0.1, -0.05) is 11.3 Å². The zero-order chi connectivity index (χ0) is 20.8. The number of benzene rings is 1. The van der Waals surface area contributed by atoms with Crippen molar-refractivity contribution < 1.29 is 13.8 Å². The number of hydrogen-bond donors (Lipinski definition) is 0. The fourth-order valence-corrected chi connectivity index (χ4v) is 3.91. The normalized spacial score (nSPS) is 12.1. The highest BCUT2D eigenvalue weighted by Gasteiger charge is 2.15. The molecule has 5 rings (SSSR count). The van der Waals surface area contributed by atoms with E-state index in [0.29, 0.717) is 38.2 Å². The number of aromatic nitrogens is 3. The summed E-state index contributed by atoms with van der Waals surface area (Å²) < 4.78 is 12.7. The van der Waals surface area contributed by atoms with Crippen LogP contribution >= 0.6 is 11.3 Å². The van der Waals surface area contributed by atoms with Crippen LogP contribution in [0.2, 0.25) is 0 Å². The van der Waals surface area contributed by atoms with Gasteiger partial charge in [-0.15, -0.1) is 5.10 Å². The van der Waals surface area contributed by atoms with E-state index >= 15 is 0 Å². The lowest BCUT2D eigenvalue weighted by molar-refractivity contribution is -0.384. The Kier molecular flexibility index (Phi) is 4.07. The second-order valence-corrected chi connectivity index (χ2v) is 7.45. The predicted molar refractivity (Wildman–Crippen MR) is 109 cm³/mol. The summed E-state index contributed by atoms with van der Waals surface area (Å²) in [6.07, 6.45) is 3.18. The minimum absolute atomic E-state index is 0.00695. The highest BCUT2D eigenvalue weighted by Crippen LogP contribution is 2.25. The summed E-state index contributed by atoms with van der Waals surface area (Å²) in [6, 6.07) is 11.3. The molecule has 0 aliphatic carbocycles. The molecule has 0 bridgehead atoms. The minimum atomic E-state index is -0.457. The molecule has 9 nitrogen and oxygen atoms in total. The molecule has 0 N–H and O–H groups in total. The standard InChI is InChI=1S/C20H12N4O5S/c1-11-15(8-9-28-11)18-21-20-23(22-18)19(25)17(30-20)10-14-6-7-16(29-14)12-2-4-13(5-3-12)24(26)27/h2-10H,1H3/b17-10-. The Morgan fingerprint density at radius 1 is 1.17 bits per heavy atom. The van der Waals surface area contributed by atoms with Crippen molar-refractivity contribution in [2.24, 2.45) is 0 Å². The van der Waals surface area contributed by atoms with Crippen molar-refractivity contribution in [3.05, 3.63) is 85.2 Å². The molecule has 10 heteroatoms. The van der Waals surface area contributed by atoms with Gasteiger partial charge in [-0.3, -0.25) is 14.9 Å². The van der Waals surface area contributed by atoms with Crippen LogP contribution in [0.1, 0.15) is 11.5 Å². The van der Waals surface area contributed by atoms with Gasteiger partial charge in [0.1, 0.15) is 21.8 Å². The first-order valence-corrected chi connectivity index (χ1v) is 9.62. The largest absolute Gasteiger partial charge is 0.469 e. The second-order valence-electron chi connectivity index (χ2n) is 6.44. The number of furan rings is 2. The van der Waals surface area contributed by atoms with Crippen LogP contribution in [-0.4, -0.2) is 19.5 Å². The lowest BCUT2D eigenvalue weighted by Gasteiger charge is -1.96. The Balaban J connectivity index is 1.49. The molecule has 4 heterocycles. The molecule has 0 saturated carbocycles. The molecular formula is C20H12N4O5S. The fourth-order valence-electron chi connectivity index (χ4n) is 3.03. The molecule has 5 aromatic rings. The number of non-ortho nitro benzene ring substituents is 1. The van der Waals surface area contributed by atoms with Crippen molar-refractivity contribution in [2.75, 3.05) is 0 Å². The quantitative estimate of drug-likeness (QED) is 0.323. The zero-order valence-corrected chi connectivity index (χ0v) is 16.3. The number of fused-ring (bicyclic) bond motifs is 1. The maximum atomic E-state index is 12.7. The third kappa shape index (κ3) is 2.99. The van der Waals surface area contributed by atoms with E-state index in [0.717, 1.165) is 5.56 Å². The zero-order valence-electron chi connectivity index (χ0n) is 15.4. The summed E-state index contributed by atoms with van der Waals surface area (Å²) >= 11 is 1.21. The highest BCUT2D eigenvalue weighted by atomic mass is 32.1. The van der Waals surface area contributed by atoms with E-state index in [1.54, 1.807) is 49.6 Å². The van der Waals surface area contributed by atoms with E-state index < -0.39 is 4.92 Å². The summed E-state index contributed by atoms with van der Waals surface area (Å²) in [7, 11) is 0. The van der Waals surface area contributed by atoms with Crippen molar-refractivity contribution in [3.8, 4) is 22.7 Å². The second kappa shape index (κ2) is 6.78. The molecule has 30 heavy (non-hydrogen) atoms. The van der Waals surface area contributed by atoms with Crippen LogP contribution in [0.3, 0.4) is 0 Å². The summed E-state index contributed by atoms with van der Waals surface area (Å²) in [6.45, 7) is 1.81. The van der Waals surface area contributed by atoms with E-state index in [1.165, 1.54) is 28.0 Å². The van der Waals surface area contributed by atoms with Gasteiger partial charge in [0.25, 0.3) is 11.2 Å². The molecule has 0 atom stereocenters. The monoisotopic (exact) mass is 420 g/mol. The Morgan fingerprint density at radius 3 is 2.63 bits per heavy atom. The SMILES string of the molecule is Cc1occc1-c1nc2s/c(=C\c3ccc(-c4ccc([N+](=O)[O-])cc4)o3)c(=O)n2n1. The van der Waals surface area contributed by atoms with Crippen LogP contribution in [-0.2, 0) is 0 Å². The number of hydrogen-bond acceptors (Lipinski definition) is 8. The number of nitro groups is 1. The van der Waals surface area contributed by atoms with Gasteiger partial charge in [-0.25, -0.2) is 0 Å². The number of aryl methyl sites for hydroxylation is 1. The molecule has 0 saturated heterocycles. The van der Waals surface area contributed by atoms with Gasteiger partial charge in [-0.05, 0) is 37.3 Å². The molecule has 4 aromatic heterocycles. The average Bonchev–Trinajstić information content (AvgIpc) is 3.50. The first-order valence-electron chi connectivity index (χ1n) is 8.80. The maximum absolute atomic E-state index is 12.7. The maximum Gasteiger partial charge on any atom is 0.291 e. The average molecular weight is 420 g/mol. The lowest BCUT2D eigenvalue weighted by atomic mass is 10.1. The highest BCUT2D eigenvalue weighted by molar-refractivity contribution is 7.15. The molecule has 0 unspecified atom stereocenters. The summed E-state index contributed by atoms with van der Waals surface area (Å²) in [5.74, 6) is 2.15. The van der Waals surface area contributed by atoms with Gasteiger partial charge in [-0.2, -0.15) is 9.50 Å². The third-order valence-corrected chi connectivity index (χ3v) is 5.50. The van der Waals surface area contributed by atoms with E-state index in [-0.39, 0.29) is 11.2 Å². The summed E-state index contributed by atoms with van der Waals surface area (Å²) in [5, 5.41) is 15.1. The van der Waals surface area contributed by atoms with Gasteiger partial charge >= 0.3 is 0 Å². The molecule has 0 fully saturated rings. The Labute approximate surface area is 171 Å². The fraction of sp³-hybridized carbons (Fsp3) is 0.0500. The first-order chi connectivity index (χ1) is 14.5. The third-order valence-electron chi connectivity index (χ3n) is 4.54. The summed E-state index contributed by atoms with van der Waals surface area (Å²) in [4.78, 5) is 27.9. The van der Waals surface area contributed by atoms with Gasteiger partial charge < -0.3 is 8.83 Å². The van der Waals surface area contributed by atoms with Gasteiger partial charge in [0, 0.05) is 23.8 Å². The number of rotatable bonds is 4. The number of nitro benzene ring substituents is 1. The molecule has 0 amide bonds. The van der Waals surface area contributed by atoms with E-state index in [4.69, 9.17) is 8.83 Å². The first kappa shape index (κ1) is 18.0.